The van der Waals surface area contributed by atoms with Gasteiger partial charge in [0.05, 0.1) is 17.9 Å². The molecular weight excluding hydrogens is 184 g/mol. The zero-order valence-corrected chi connectivity index (χ0v) is 7.36. The van der Waals surface area contributed by atoms with Crippen molar-refractivity contribution in [2.75, 3.05) is 17.6 Å². The van der Waals surface area contributed by atoms with Crippen molar-refractivity contribution >= 4 is 17.3 Å². The number of aliphatic carboxylic acids is 1. The first kappa shape index (κ1) is 8.68. The average molecular weight is 194 g/mol. The second-order valence-corrected chi connectivity index (χ2v) is 3.05. The molecular formula is C9H10N2O3. The van der Waals surface area contributed by atoms with E-state index >= 15 is 0 Å². The van der Waals surface area contributed by atoms with Gasteiger partial charge in [-0.15, -0.1) is 0 Å². The first-order valence-corrected chi connectivity index (χ1v) is 4.20. The van der Waals surface area contributed by atoms with Crippen LogP contribution in [0, 0.1) is 0 Å². The van der Waals surface area contributed by atoms with E-state index in [1.165, 1.54) is 0 Å². The number of carboxylic acids is 1. The molecule has 1 atom stereocenters. The van der Waals surface area contributed by atoms with E-state index < -0.39 is 12.1 Å². The Morgan fingerprint density at radius 1 is 1.64 bits per heavy atom. The van der Waals surface area contributed by atoms with Gasteiger partial charge in [-0.1, -0.05) is 6.07 Å². The Bertz CT molecular complexity index is 378. The van der Waals surface area contributed by atoms with Crippen molar-refractivity contribution < 1.29 is 14.6 Å². The molecule has 0 radical (unpaired) electrons. The van der Waals surface area contributed by atoms with E-state index in [0.29, 0.717) is 11.4 Å². The molecule has 0 spiro atoms. The Morgan fingerprint density at radius 3 is 3.14 bits per heavy atom. The largest absolute Gasteiger partial charge is 0.478 e. The first-order chi connectivity index (χ1) is 6.68. The standard InChI is InChI=1S/C9H10N2O3/c10-5-2-1-3-6-8(5)14-7(4-11-6)9(12)13/h1-3,7,11H,4,10H2,(H,12,13). The second kappa shape index (κ2) is 3.10. The van der Waals surface area contributed by atoms with Gasteiger partial charge in [-0.2, -0.15) is 0 Å². The average Bonchev–Trinajstić information content (AvgIpc) is 2.18. The Hall–Kier alpha value is -1.91. The lowest BCUT2D eigenvalue weighted by Gasteiger charge is -2.25. The molecule has 4 N–H and O–H groups in total. The smallest absolute Gasteiger partial charge is 0.346 e. The van der Waals surface area contributed by atoms with Crippen molar-refractivity contribution in [3.05, 3.63) is 18.2 Å². The Balaban J connectivity index is 2.33. The summed E-state index contributed by atoms with van der Waals surface area (Å²) >= 11 is 0. The van der Waals surface area contributed by atoms with Gasteiger partial charge in [-0.3, -0.25) is 0 Å². The minimum absolute atomic E-state index is 0.256. The summed E-state index contributed by atoms with van der Waals surface area (Å²) in [4.78, 5) is 10.7. The van der Waals surface area contributed by atoms with E-state index in [9.17, 15) is 4.79 Å². The molecule has 1 aliphatic heterocycles. The summed E-state index contributed by atoms with van der Waals surface area (Å²) in [5.74, 6) is -0.572. The summed E-state index contributed by atoms with van der Waals surface area (Å²) in [5, 5.41) is 11.7. The molecule has 0 fully saturated rings. The number of hydrogen-bond acceptors (Lipinski definition) is 4. The maximum atomic E-state index is 10.7. The molecule has 0 saturated carbocycles. The van der Waals surface area contributed by atoms with Gasteiger partial charge in [0.1, 0.15) is 0 Å². The molecule has 1 unspecified atom stereocenters. The predicted molar refractivity (Wildman–Crippen MR) is 51.4 cm³/mol. The Kier molecular flexibility index (Phi) is 1.92. The van der Waals surface area contributed by atoms with Gasteiger partial charge < -0.3 is 20.9 Å². The number of nitrogens with one attached hydrogen (secondary N) is 1. The maximum absolute atomic E-state index is 10.7. The topological polar surface area (TPSA) is 84.6 Å². The number of nitrogen functional groups attached to an aromatic ring is 1. The third-order valence-corrected chi connectivity index (χ3v) is 2.06. The number of hydrogen-bond donors (Lipinski definition) is 3. The van der Waals surface area contributed by atoms with Crippen LogP contribution >= 0.6 is 0 Å². The fraction of sp³-hybridized carbons (Fsp3) is 0.222. The molecule has 0 aromatic heterocycles. The molecule has 0 amide bonds. The van der Waals surface area contributed by atoms with Crippen LogP contribution in [0.4, 0.5) is 11.4 Å². The lowest BCUT2D eigenvalue weighted by atomic mass is 10.2. The molecule has 1 aromatic rings. The highest BCUT2D eigenvalue weighted by atomic mass is 16.5. The minimum Gasteiger partial charge on any atom is -0.478 e. The van der Waals surface area contributed by atoms with Crippen LogP contribution in [0.15, 0.2) is 18.2 Å². The molecule has 1 aromatic carbocycles. The van der Waals surface area contributed by atoms with Crippen molar-refractivity contribution in [2.45, 2.75) is 6.10 Å². The molecule has 0 bridgehead atoms. The van der Waals surface area contributed by atoms with Gasteiger partial charge in [0, 0.05) is 0 Å². The number of para-hydroxylation sites is 1. The summed E-state index contributed by atoms with van der Waals surface area (Å²) in [6.07, 6.45) is -0.868. The quantitative estimate of drug-likeness (QED) is 0.568. The van der Waals surface area contributed by atoms with Gasteiger partial charge in [-0.05, 0) is 12.1 Å². The van der Waals surface area contributed by atoms with Crippen LogP contribution in [0.3, 0.4) is 0 Å². The highest BCUT2D eigenvalue weighted by Gasteiger charge is 2.26. The molecule has 5 heteroatoms. The van der Waals surface area contributed by atoms with Crippen molar-refractivity contribution in [3.8, 4) is 5.75 Å². The van der Waals surface area contributed by atoms with Gasteiger partial charge in [0.15, 0.2) is 5.75 Å². The monoisotopic (exact) mass is 194 g/mol. The van der Waals surface area contributed by atoms with Crippen molar-refractivity contribution in [3.63, 3.8) is 0 Å². The van der Waals surface area contributed by atoms with E-state index in [4.69, 9.17) is 15.6 Å². The Labute approximate surface area is 80.5 Å². The first-order valence-electron chi connectivity index (χ1n) is 4.20. The number of fused-ring (bicyclic) bond motifs is 1. The van der Waals surface area contributed by atoms with Crippen LogP contribution in [0.2, 0.25) is 0 Å². The molecule has 0 aliphatic carbocycles. The van der Waals surface area contributed by atoms with Gasteiger partial charge in [0.25, 0.3) is 0 Å². The minimum atomic E-state index is -0.994. The molecule has 14 heavy (non-hydrogen) atoms. The number of anilines is 2. The van der Waals surface area contributed by atoms with E-state index in [2.05, 4.69) is 5.32 Å². The van der Waals surface area contributed by atoms with Crippen molar-refractivity contribution in [1.29, 1.82) is 0 Å². The highest BCUT2D eigenvalue weighted by Crippen LogP contribution is 2.34. The second-order valence-electron chi connectivity index (χ2n) is 3.05. The molecule has 5 nitrogen and oxygen atoms in total. The third-order valence-electron chi connectivity index (χ3n) is 2.06. The normalized spacial score (nSPS) is 19.0. The molecule has 2 rings (SSSR count). The number of nitrogens with two attached hydrogens (primary N) is 1. The van der Waals surface area contributed by atoms with Crippen molar-refractivity contribution in [2.24, 2.45) is 0 Å². The van der Waals surface area contributed by atoms with E-state index in [1.807, 2.05) is 0 Å². The molecule has 0 saturated heterocycles. The maximum Gasteiger partial charge on any atom is 0.346 e. The van der Waals surface area contributed by atoms with Gasteiger partial charge >= 0.3 is 5.97 Å². The number of carboxylic acid groups (broad SMARTS) is 1. The number of benzene rings is 1. The number of rotatable bonds is 1. The summed E-state index contributed by atoms with van der Waals surface area (Å²) in [6, 6.07) is 5.25. The van der Waals surface area contributed by atoms with Gasteiger partial charge in [-0.25, -0.2) is 4.79 Å². The van der Waals surface area contributed by atoms with Crippen LogP contribution in [0.5, 0.6) is 5.75 Å². The fourth-order valence-corrected chi connectivity index (χ4v) is 1.35. The van der Waals surface area contributed by atoms with Gasteiger partial charge in [0.2, 0.25) is 6.10 Å². The number of ether oxygens (including phenoxy) is 1. The number of carbonyl (C=O) groups is 1. The van der Waals surface area contributed by atoms with Crippen LogP contribution in [-0.4, -0.2) is 23.7 Å². The summed E-state index contributed by atoms with van der Waals surface area (Å²) < 4.78 is 5.24. The summed E-state index contributed by atoms with van der Waals surface area (Å²) in [5.41, 5.74) is 6.83. The summed E-state index contributed by atoms with van der Waals surface area (Å²) in [7, 11) is 0. The van der Waals surface area contributed by atoms with E-state index in [-0.39, 0.29) is 6.54 Å². The SMILES string of the molecule is Nc1cccc2c1OC(C(=O)O)CN2. The lowest BCUT2D eigenvalue weighted by Crippen LogP contribution is -2.37. The molecule has 1 heterocycles. The van der Waals surface area contributed by atoms with E-state index in [1.54, 1.807) is 18.2 Å². The summed E-state index contributed by atoms with van der Waals surface area (Å²) in [6.45, 7) is 0.256. The van der Waals surface area contributed by atoms with Crippen LogP contribution in [0.25, 0.3) is 0 Å². The van der Waals surface area contributed by atoms with Crippen LogP contribution in [-0.2, 0) is 4.79 Å². The lowest BCUT2D eigenvalue weighted by molar-refractivity contribution is -0.144. The third kappa shape index (κ3) is 1.32. The van der Waals surface area contributed by atoms with Crippen LogP contribution in [0.1, 0.15) is 0 Å². The fourth-order valence-electron chi connectivity index (χ4n) is 1.35. The van der Waals surface area contributed by atoms with E-state index in [0.717, 1.165) is 5.69 Å². The zero-order chi connectivity index (χ0) is 10.1. The van der Waals surface area contributed by atoms with Crippen molar-refractivity contribution in [1.82, 2.24) is 0 Å². The molecule has 74 valence electrons. The molecule has 1 aliphatic rings. The predicted octanol–water partition coefficient (Wildman–Crippen LogP) is 0.526. The Morgan fingerprint density at radius 2 is 2.43 bits per heavy atom. The van der Waals surface area contributed by atoms with Crippen LogP contribution < -0.4 is 15.8 Å². The highest BCUT2D eigenvalue weighted by molar-refractivity contribution is 5.78. The zero-order valence-electron chi connectivity index (χ0n) is 7.36.